The maximum Gasteiger partial charge on any atom is 0.408 e. The standard InChI is InChI=1S/C36H44BrFN4O9/c1-7-19-16-36(19,33(46)49-6)41-31(44)24-14-21(18-42(24)32(45)30(35(2,3)4)40-34(47)51-20-10-8-9-11-20)50-27-15-23(25(43)17-37)39-29-22(27)12-13-26(48-5)28(29)38/h7,12-13,15,19-21,24,30H,1,8-11,14,16-18H2,2-6H3,(H,40,47)(H,41,44)/t19-,21-,24+,30-,36-/m1/s1. The molecule has 1 saturated heterocycles. The van der Waals surface area contributed by atoms with E-state index in [4.69, 9.17) is 18.9 Å². The highest BCUT2D eigenvalue weighted by Crippen LogP contribution is 2.46. The number of esters is 1. The molecule has 5 atom stereocenters. The number of methoxy groups -OCH3 is 2. The number of amides is 3. The average molecular weight is 776 g/mol. The molecule has 1 aliphatic heterocycles. The third-order valence-electron chi connectivity index (χ3n) is 9.76. The van der Waals surface area contributed by atoms with Crippen molar-refractivity contribution < 1.29 is 47.3 Å². The summed E-state index contributed by atoms with van der Waals surface area (Å²) in [6, 6.07) is 2.08. The predicted octanol–water partition coefficient (Wildman–Crippen LogP) is 4.63. The predicted molar refractivity (Wildman–Crippen MR) is 187 cm³/mol. The molecule has 1 aromatic heterocycles. The molecule has 0 spiro atoms. The van der Waals surface area contributed by atoms with Crippen molar-refractivity contribution in [3.63, 3.8) is 0 Å². The zero-order chi connectivity index (χ0) is 37.2. The van der Waals surface area contributed by atoms with Crippen molar-refractivity contribution in [1.82, 2.24) is 20.5 Å². The SMILES string of the molecule is C=C[C@@H]1C[C@]1(NC(=O)[C@@H]1C[C@@H](Oc2cc(C(=O)CBr)nc3c(F)c(OC)ccc23)CN1C(=O)[C@@H](NC(=O)OC1CCCC1)C(C)(C)C)C(=O)OC. The molecule has 2 heterocycles. The summed E-state index contributed by atoms with van der Waals surface area (Å²) >= 11 is 3.13. The van der Waals surface area contributed by atoms with Crippen LogP contribution < -0.4 is 20.1 Å². The number of hydrogen-bond donors (Lipinski definition) is 2. The van der Waals surface area contributed by atoms with Crippen LogP contribution in [0.1, 0.15) is 69.8 Å². The van der Waals surface area contributed by atoms with Crippen molar-refractivity contribution in [2.24, 2.45) is 11.3 Å². The molecule has 0 unspecified atom stereocenters. The van der Waals surface area contributed by atoms with Gasteiger partial charge in [-0.25, -0.2) is 19.0 Å². The lowest BCUT2D eigenvalue weighted by atomic mass is 9.85. The van der Waals surface area contributed by atoms with Crippen molar-refractivity contribution in [1.29, 1.82) is 0 Å². The quantitative estimate of drug-likeness (QED) is 0.135. The number of alkyl carbamates (subject to hydrolysis) is 1. The van der Waals surface area contributed by atoms with Gasteiger partial charge in [-0.1, -0.05) is 42.8 Å². The van der Waals surface area contributed by atoms with Crippen LogP contribution in [0.25, 0.3) is 10.9 Å². The Morgan fingerprint density at radius 1 is 1.14 bits per heavy atom. The van der Waals surface area contributed by atoms with Gasteiger partial charge in [0.1, 0.15) is 46.8 Å². The fourth-order valence-corrected chi connectivity index (χ4v) is 7.13. The van der Waals surface area contributed by atoms with Crippen molar-refractivity contribution in [2.45, 2.75) is 89.1 Å². The third-order valence-corrected chi connectivity index (χ3v) is 10.3. The van der Waals surface area contributed by atoms with Crippen LogP contribution in [0.3, 0.4) is 0 Å². The smallest absolute Gasteiger partial charge is 0.408 e. The molecule has 3 aliphatic rings. The normalized spacial score (nSPS) is 23.7. The summed E-state index contributed by atoms with van der Waals surface area (Å²) < 4.78 is 37.5. The average Bonchev–Trinajstić information content (AvgIpc) is 3.36. The Morgan fingerprint density at radius 3 is 2.43 bits per heavy atom. The number of ketones is 1. The van der Waals surface area contributed by atoms with Crippen molar-refractivity contribution >= 4 is 56.5 Å². The van der Waals surface area contributed by atoms with E-state index in [-0.39, 0.29) is 64.8 Å². The molecule has 0 bridgehead atoms. The number of ether oxygens (including phenoxy) is 4. The molecule has 2 aliphatic carbocycles. The van der Waals surface area contributed by atoms with Gasteiger partial charge < -0.3 is 34.5 Å². The van der Waals surface area contributed by atoms with Crippen molar-refractivity contribution in [3.8, 4) is 11.5 Å². The minimum absolute atomic E-state index is 0.0405. The molecule has 5 rings (SSSR count). The molecule has 51 heavy (non-hydrogen) atoms. The number of Topliss-reactive ketones (excluding diaryl/α,β-unsaturated/α-hetero) is 1. The van der Waals surface area contributed by atoms with Gasteiger partial charge in [0.25, 0.3) is 0 Å². The highest BCUT2D eigenvalue weighted by atomic mass is 79.9. The van der Waals surface area contributed by atoms with Gasteiger partial charge in [-0.2, -0.15) is 0 Å². The van der Waals surface area contributed by atoms with Crippen molar-refractivity contribution in [3.05, 3.63) is 42.4 Å². The third kappa shape index (κ3) is 7.82. The molecule has 3 fully saturated rings. The topological polar surface area (TPSA) is 162 Å². The van der Waals surface area contributed by atoms with Gasteiger partial charge in [0.2, 0.25) is 11.8 Å². The number of benzene rings is 1. The Balaban J connectivity index is 1.49. The molecule has 2 N–H and O–H groups in total. The number of nitrogens with one attached hydrogen (secondary N) is 2. The number of nitrogens with zero attached hydrogens (tertiary/aromatic N) is 2. The number of fused-ring (bicyclic) bond motifs is 1. The molecule has 2 aromatic rings. The lowest BCUT2D eigenvalue weighted by Crippen LogP contribution is -2.59. The van der Waals surface area contributed by atoms with Gasteiger partial charge in [-0.15, -0.1) is 6.58 Å². The van der Waals surface area contributed by atoms with E-state index in [0.29, 0.717) is 0 Å². The van der Waals surface area contributed by atoms with Crippen LogP contribution >= 0.6 is 15.9 Å². The number of pyridine rings is 1. The zero-order valence-corrected chi connectivity index (χ0v) is 31.0. The van der Waals surface area contributed by atoms with E-state index in [1.54, 1.807) is 32.9 Å². The maximum absolute atomic E-state index is 15.4. The number of hydrogen-bond acceptors (Lipinski definition) is 10. The number of carbonyl (C=O) groups is 5. The Bertz CT molecular complexity index is 1730. The van der Waals surface area contributed by atoms with E-state index in [1.165, 1.54) is 31.3 Å². The van der Waals surface area contributed by atoms with Crippen LogP contribution in [-0.2, 0) is 23.9 Å². The van der Waals surface area contributed by atoms with E-state index in [2.05, 4.69) is 38.1 Å². The minimum Gasteiger partial charge on any atom is -0.494 e. The van der Waals surface area contributed by atoms with E-state index in [0.717, 1.165) is 25.7 Å². The number of rotatable bonds is 12. The molecular formula is C36H44BrFN4O9. The first kappa shape index (κ1) is 38.0. The lowest BCUT2D eigenvalue weighted by molar-refractivity contribution is -0.148. The van der Waals surface area contributed by atoms with Crippen LogP contribution in [0.15, 0.2) is 30.9 Å². The Kier molecular flexibility index (Phi) is 11.3. The van der Waals surface area contributed by atoms with E-state index < -0.39 is 64.6 Å². The summed E-state index contributed by atoms with van der Waals surface area (Å²) in [6.07, 6.45) is 3.36. The van der Waals surface area contributed by atoms with Crippen LogP contribution in [0.4, 0.5) is 9.18 Å². The summed E-state index contributed by atoms with van der Waals surface area (Å²) in [5, 5.41) is 5.71. The fourth-order valence-electron chi connectivity index (χ4n) is 6.84. The van der Waals surface area contributed by atoms with E-state index in [1.807, 2.05) is 0 Å². The summed E-state index contributed by atoms with van der Waals surface area (Å²) in [5.41, 5.74) is -2.37. The van der Waals surface area contributed by atoms with Gasteiger partial charge in [0, 0.05) is 23.8 Å². The Morgan fingerprint density at radius 2 is 1.84 bits per heavy atom. The number of likely N-dealkylation sites (tertiary alicyclic amines) is 1. The van der Waals surface area contributed by atoms with Crippen LogP contribution in [0.5, 0.6) is 11.5 Å². The summed E-state index contributed by atoms with van der Waals surface area (Å²) in [6.45, 7) is 8.98. The molecule has 3 amide bonds. The van der Waals surface area contributed by atoms with Crippen LogP contribution in [0.2, 0.25) is 0 Å². The second kappa shape index (κ2) is 15.1. The second-order valence-electron chi connectivity index (χ2n) is 14.3. The van der Waals surface area contributed by atoms with Crippen molar-refractivity contribution in [2.75, 3.05) is 26.1 Å². The largest absolute Gasteiger partial charge is 0.494 e. The number of alkyl halides is 1. The minimum atomic E-state index is -1.34. The van der Waals surface area contributed by atoms with Crippen LogP contribution in [0, 0.1) is 17.2 Å². The first-order valence-corrected chi connectivity index (χ1v) is 18.0. The molecule has 2 saturated carbocycles. The molecule has 0 radical (unpaired) electrons. The van der Waals surface area contributed by atoms with Gasteiger partial charge >= 0.3 is 12.1 Å². The number of halogens is 2. The van der Waals surface area contributed by atoms with Gasteiger partial charge in [0.05, 0.1) is 26.1 Å². The molecule has 15 heteroatoms. The van der Waals surface area contributed by atoms with E-state index >= 15 is 4.39 Å². The lowest BCUT2D eigenvalue weighted by Gasteiger charge is -2.35. The summed E-state index contributed by atoms with van der Waals surface area (Å²) in [5.74, 6) is -3.40. The van der Waals surface area contributed by atoms with E-state index in [9.17, 15) is 24.0 Å². The van der Waals surface area contributed by atoms with Gasteiger partial charge in [0.15, 0.2) is 17.3 Å². The highest BCUT2D eigenvalue weighted by Gasteiger charge is 2.62. The first-order valence-electron chi connectivity index (χ1n) is 16.9. The zero-order valence-electron chi connectivity index (χ0n) is 29.4. The molecular weight excluding hydrogens is 731 g/mol. The van der Waals surface area contributed by atoms with Gasteiger partial charge in [-0.3, -0.25) is 14.4 Å². The highest BCUT2D eigenvalue weighted by molar-refractivity contribution is 9.09. The van der Waals surface area contributed by atoms with Crippen LogP contribution in [-0.4, -0.2) is 95.5 Å². The maximum atomic E-state index is 15.4. The summed E-state index contributed by atoms with van der Waals surface area (Å²) in [4.78, 5) is 72.7. The summed E-state index contributed by atoms with van der Waals surface area (Å²) in [7, 11) is 2.53. The fraction of sp³-hybridized carbons (Fsp3) is 0.556. The monoisotopic (exact) mass is 774 g/mol. The number of aromatic nitrogens is 1. The Hall–Kier alpha value is -4.27. The second-order valence-corrected chi connectivity index (χ2v) is 14.8. The molecule has 276 valence electrons. The molecule has 13 nitrogen and oxygen atoms in total. The number of carbonyl (C=O) groups excluding carboxylic acids is 5. The first-order chi connectivity index (χ1) is 24.2. The Labute approximate surface area is 304 Å². The van der Waals surface area contributed by atoms with Gasteiger partial charge in [-0.05, 0) is 49.7 Å². The molecule has 1 aromatic carbocycles.